The number of ether oxygens (including phenoxy) is 2. The Morgan fingerprint density at radius 3 is 2.70 bits per heavy atom. The predicted molar refractivity (Wildman–Crippen MR) is 102 cm³/mol. The second-order valence-corrected chi connectivity index (χ2v) is 6.32. The molecule has 0 spiro atoms. The van der Waals surface area contributed by atoms with E-state index in [9.17, 15) is 9.59 Å². The number of halogens is 1. The number of para-hydroxylation sites is 1. The average Bonchev–Trinajstić information content (AvgIpc) is 3.01. The third-order valence-corrected chi connectivity index (χ3v) is 4.15. The van der Waals surface area contributed by atoms with E-state index >= 15 is 0 Å². The smallest absolute Gasteiger partial charge is 0.375 e. The number of esters is 1. The number of amides is 1. The van der Waals surface area contributed by atoms with Gasteiger partial charge in [0.05, 0.1) is 6.61 Å². The van der Waals surface area contributed by atoms with Gasteiger partial charge in [-0.25, -0.2) is 4.79 Å². The van der Waals surface area contributed by atoms with E-state index in [2.05, 4.69) is 5.32 Å². The maximum atomic E-state index is 12.6. The van der Waals surface area contributed by atoms with Crippen LogP contribution in [0.1, 0.15) is 23.0 Å². The van der Waals surface area contributed by atoms with E-state index in [1.807, 2.05) is 12.1 Å². The normalized spacial score (nSPS) is 12.0. The zero-order valence-electron chi connectivity index (χ0n) is 14.8. The fraction of sp³-hybridized carbons (Fsp3) is 0.200. The third kappa shape index (κ3) is 4.30. The van der Waals surface area contributed by atoms with Crippen LogP contribution in [0.25, 0.3) is 11.0 Å². The Kier molecular flexibility index (Phi) is 5.78. The quantitative estimate of drug-likeness (QED) is 0.633. The van der Waals surface area contributed by atoms with Crippen molar-refractivity contribution in [3.63, 3.8) is 0 Å². The Morgan fingerprint density at radius 2 is 1.96 bits per heavy atom. The molecule has 140 valence electrons. The van der Waals surface area contributed by atoms with Crippen molar-refractivity contribution < 1.29 is 23.5 Å². The Labute approximate surface area is 161 Å². The number of hydrogen-bond acceptors (Lipinski definition) is 5. The molecule has 0 bridgehead atoms. The van der Waals surface area contributed by atoms with Crippen LogP contribution in [0.2, 0.25) is 5.02 Å². The molecule has 0 fully saturated rings. The molecular weight excluding hydrogens is 370 g/mol. The molecule has 1 aromatic heterocycles. The van der Waals surface area contributed by atoms with Crippen LogP contribution < -0.4 is 5.32 Å². The monoisotopic (exact) mass is 387 g/mol. The van der Waals surface area contributed by atoms with E-state index in [-0.39, 0.29) is 12.4 Å². The molecule has 0 radical (unpaired) electrons. The Bertz CT molecular complexity index is 981. The molecule has 6 nitrogen and oxygen atoms in total. The Hall–Kier alpha value is -2.83. The van der Waals surface area contributed by atoms with Gasteiger partial charge in [-0.15, -0.1) is 0 Å². The first-order chi connectivity index (χ1) is 13.0. The lowest BCUT2D eigenvalue weighted by Gasteiger charge is -2.13. The van der Waals surface area contributed by atoms with E-state index < -0.39 is 18.0 Å². The Morgan fingerprint density at radius 1 is 1.19 bits per heavy atom. The Balaban J connectivity index is 1.75. The number of furan rings is 1. The fourth-order valence-electron chi connectivity index (χ4n) is 2.63. The van der Waals surface area contributed by atoms with Crippen molar-refractivity contribution in [3.8, 4) is 0 Å². The van der Waals surface area contributed by atoms with Crippen LogP contribution in [0.4, 0.5) is 5.69 Å². The lowest BCUT2D eigenvalue weighted by atomic mass is 10.1. The number of anilines is 1. The topological polar surface area (TPSA) is 77.8 Å². The summed E-state index contributed by atoms with van der Waals surface area (Å²) >= 11 is 5.90. The zero-order chi connectivity index (χ0) is 19.4. The highest BCUT2D eigenvalue weighted by molar-refractivity contribution is 6.30. The summed E-state index contributed by atoms with van der Waals surface area (Å²) in [5.41, 5.74) is 1.65. The molecular formula is C20H18ClNO5. The van der Waals surface area contributed by atoms with Crippen molar-refractivity contribution in [1.29, 1.82) is 0 Å². The second kappa shape index (κ2) is 8.24. The minimum Gasteiger partial charge on any atom is -0.449 e. The lowest BCUT2D eigenvalue weighted by Crippen LogP contribution is -2.30. The summed E-state index contributed by atoms with van der Waals surface area (Å²) in [4.78, 5) is 24.8. The van der Waals surface area contributed by atoms with Gasteiger partial charge in [-0.05, 0) is 31.2 Å². The minimum absolute atomic E-state index is 0.0282. The van der Waals surface area contributed by atoms with Gasteiger partial charge in [0.2, 0.25) is 5.76 Å². The summed E-state index contributed by atoms with van der Waals surface area (Å²) in [5.74, 6) is -1.18. The van der Waals surface area contributed by atoms with Crippen molar-refractivity contribution in [1.82, 2.24) is 0 Å². The summed E-state index contributed by atoms with van der Waals surface area (Å²) < 4.78 is 16.1. The second-order valence-electron chi connectivity index (χ2n) is 5.89. The van der Waals surface area contributed by atoms with Crippen LogP contribution in [0.5, 0.6) is 0 Å². The highest BCUT2D eigenvalue weighted by Crippen LogP contribution is 2.27. The molecule has 7 heteroatoms. The molecule has 27 heavy (non-hydrogen) atoms. The highest BCUT2D eigenvalue weighted by atomic mass is 35.5. The summed E-state index contributed by atoms with van der Waals surface area (Å²) in [6.07, 6.45) is -1.03. The summed E-state index contributed by atoms with van der Waals surface area (Å²) in [6.45, 7) is 1.67. The van der Waals surface area contributed by atoms with Gasteiger partial charge < -0.3 is 19.2 Å². The maximum absolute atomic E-state index is 12.6. The molecule has 1 amide bonds. The van der Waals surface area contributed by atoms with E-state index in [0.29, 0.717) is 21.9 Å². The van der Waals surface area contributed by atoms with E-state index in [0.717, 1.165) is 5.39 Å². The van der Waals surface area contributed by atoms with Gasteiger partial charge in [-0.3, -0.25) is 4.79 Å². The van der Waals surface area contributed by atoms with Crippen molar-refractivity contribution in [2.24, 2.45) is 0 Å². The van der Waals surface area contributed by atoms with E-state index in [1.54, 1.807) is 36.4 Å². The standard InChI is InChI=1S/C20H18ClNO5/c1-12(19(23)22-14-7-5-6-13(21)10-14)26-20(24)18-16(11-25-2)15-8-3-4-9-17(15)27-18/h3-10,12H,11H2,1-2H3,(H,22,23)/t12-/m1/s1. The van der Waals surface area contributed by atoms with Crippen LogP contribution in [-0.4, -0.2) is 25.1 Å². The van der Waals surface area contributed by atoms with Gasteiger partial charge in [0.25, 0.3) is 5.91 Å². The molecule has 3 aromatic rings. The molecule has 0 unspecified atom stereocenters. The van der Waals surface area contributed by atoms with Crippen molar-refractivity contribution in [2.75, 3.05) is 12.4 Å². The van der Waals surface area contributed by atoms with Gasteiger partial charge >= 0.3 is 5.97 Å². The first-order valence-corrected chi connectivity index (χ1v) is 8.64. The zero-order valence-corrected chi connectivity index (χ0v) is 15.6. The summed E-state index contributed by atoms with van der Waals surface area (Å²) in [5, 5.41) is 3.91. The van der Waals surface area contributed by atoms with Gasteiger partial charge in [0.1, 0.15) is 5.58 Å². The van der Waals surface area contributed by atoms with Crippen LogP contribution in [0, 0.1) is 0 Å². The molecule has 3 rings (SSSR count). The summed E-state index contributed by atoms with van der Waals surface area (Å²) in [6, 6.07) is 13.9. The molecule has 0 saturated heterocycles. The lowest BCUT2D eigenvalue weighted by molar-refractivity contribution is -0.123. The molecule has 2 aromatic carbocycles. The third-order valence-electron chi connectivity index (χ3n) is 3.92. The number of rotatable bonds is 6. The molecule has 1 atom stereocenters. The van der Waals surface area contributed by atoms with Gasteiger partial charge in [0, 0.05) is 28.8 Å². The fourth-order valence-corrected chi connectivity index (χ4v) is 2.82. The predicted octanol–water partition coefficient (Wildman–Crippen LogP) is 4.42. The van der Waals surface area contributed by atoms with Crippen LogP contribution >= 0.6 is 11.6 Å². The molecule has 0 aliphatic rings. The minimum atomic E-state index is -1.03. The van der Waals surface area contributed by atoms with Crippen LogP contribution in [0.15, 0.2) is 52.9 Å². The van der Waals surface area contributed by atoms with E-state index in [4.69, 9.17) is 25.5 Å². The van der Waals surface area contributed by atoms with E-state index in [1.165, 1.54) is 14.0 Å². The molecule has 1 heterocycles. The van der Waals surface area contributed by atoms with Crippen molar-refractivity contribution in [2.45, 2.75) is 19.6 Å². The highest BCUT2D eigenvalue weighted by Gasteiger charge is 2.25. The average molecular weight is 388 g/mol. The van der Waals surface area contributed by atoms with Crippen molar-refractivity contribution >= 4 is 40.1 Å². The number of carbonyl (C=O) groups excluding carboxylic acids is 2. The van der Waals surface area contributed by atoms with Gasteiger partial charge in [0.15, 0.2) is 6.10 Å². The van der Waals surface area contributed by atoms with Gasteiger partial charge in [-0.1, -0.05) is 35.9 Å². The maximum Gasteiger partial charge on any atom is 0.375 e. The molecule has 1 N–H and O–H groups in total. The number of methoxy groups -OCH3 is 1. The number of fused-ring (bicyclic) bond motifs is 1. The molecule has 0 aliphatic carbocycles. The molecule has 0 saturated carbocycles. The van der Waals surface area contributed by atoms with Crippen LogP contribution in [0.3, 0.4) is 0 Å². The first kappa shape index (κ1) is 18.9. The number of hydrogen-bond donors (Lipinski definition) is 1. The largest absolute Gasteiger partial charge is 0.449 e. The molecule has 0 aliphatic heterocycles. The SMILES string of the molecule is COCc1c(C(=O)O[C@H](C)C(=O)Nc2cccc(Cl)c2)oc2ccccc12. The number of nitrogens with one attached hydrogen (secondary N) is 1. The van der Waals surface area contributed by atoms with Crippen LogP contribution in [-0.2, 0) is 20.9 Å². The van der Waals surface area contributed by atoms with Crippen molar-refractivity contribution in [3.05, 3.63) is 64.9 Å². The van der Waals surface area contributed by atoms with Gasteiger partial charge in [-0.2, -0.15) is 0 Å². The first-order valence-electron chi connectivity index (χ1n) is 8.26. The summed E-state index contributed by atoms with van der Waals surface area (Å²) in [7, 11) is 1.53. The number of benzene rings is 2. The number of carbonyl (C=O) groups is 2.